The van der Waals surface area contributed by atoms with Crippen LogP contribution < -0.4 is 11.1 Å². The lowest BCUT2D eigenvalue weighted by molar-refractivity contribution is 0.0766. The SMILES string of the molecule is Cc1nc(NCS(C)(=O)=O)nc(C(N)=O)c1C(=O)N1CC2CN(CCCc3ccccc3)C[C@H]2C1. The van der Waals surface area contributed by atoms with Crippen LogP contribution in [-0.4, -0.2) is 84.9 Å². The van der Waals surface area contributed by atoms with Crippen molar-refractivity contribution in [1.29, 1.82) is 0 Å². The molecule has 3 N–H and O–H groups in total. The lowest BCUT2D eigenvalue weighted by Crippen LogP contribution is -2.36. The van der Waals surface area contributed by atoms with Crippen molar-refractivity contribution in [2.75, 3.05) is 50.2 Å². The maximum atomic E-state index is 13.4. The maximum absolute atomic E-state index is 13.4. The molecular weight excluding hydrogens is 468 g/mol. The van der Waals surface area contributed by atoms with Gasteiger partial charge in [0.05, 0.1) is 11.3 Å². The number of amides is 2. The number of hydrogen-bond acceptors (Lipinski definition) is 8. The first kappa shape index (κ1) is 25.1. The summed E-state index contributed by atoms with van der Waals surface area (Å²) in [7, 11) is -3.33. The summed E-state index contributed by atoms with van der Waals surface area (Å²) < 4.78 is 22.9. The van der Waals surface area contributed by atoms with Gasteiger partial charge in [-0.05, 0) is 43.7 Å². The van der Waals surface area contributed by atoms with E-state index >= 15 is 0 Å². The van der Waals surface area contributed by atoms with Crippen molar-refractivity contribution in [1.82, 2.24) is 19.8 Å². The smallest absolute Gasteiger partial charge is 0.268 e. The third-order valence-electron chi connectivity index (χ3n) is 6.66. The van der Waals surface area contributed by atoms with E-state index in [1.807, 2.05) is 6.07 Å². The van der Waals surface area contributed by atoms with E-state index in [0.717, 1.165) is 38.7 Å². The summed E-state index contributed by atoms with van der Waals surface area (Å²) in [6.45, 7) is 5.77. The van der Waals surface area contributed by atoms with Gasteiger partial charge >= 0.3 is 0 Å². The Morgan fingerprint density at radius 3 is 2.34 bits per heavy atom. The van der Waals surface area contributed by atoms with Crippen LogP contribution in [0.4, 0.5) is 5.95 Å². The number of fused-ring (bicyclic) bond motifs is 1. The number of carbonyl (C=O) groups excluding carboxylic acids is 2. The monoisotopic (exact) mass is 500 g/mol. The van der Waals surface area contributed by atoms with E-state index in [-0.39, 0.29) is 28.8 Å². The quantitative estimate of drug-likeness (QED) is 0.519. The Morgan fingerprint density at radius 2 is 1.74 bits per heavy atom. The van der Waals surface area contributed by atoms with Gasteiger partial charge in [-0.15, -0.1) is 0 Å². The number of carbonyl (C=O) groups is 2. The predicted octanol–water partition coefficient (Wildman–Crippen LogP) is 0.935. The summed E-state index contributed by atoms with van der Waals surface area (Å²) in [6.07, 6.45) is 3.22. The van der Waals surface area contributed by atoms with Crippen LogP contribution in [0.1, 0.15) is 38.5 Å². The second-order valence-electron chi connectivity index (χ2n) is 9.55. The van der Waals surface area contributed by atoms with Gasteiger partial charge in [-0.2, -0.15) is 0 Å². The van der Waals surface area contributed by atoms with Gasteiger partial charge in [0.25, 0.3) is 11.8 Å². The summed E-state index contributed by atoms with van der Waals surface area (Å²) in [4.78, 5) is 38.0. The topological polar surface area (TPSA) is 139 Å². The molecule has 11 heteroatoms. The van der Waals surface area contributed by atoms with E-state index in [9.17, 15) is 18.0 Å². The molecule has 4 rings (SSSR count). The zero-order chi connectivity index (χ0) is 25.2. The first-order chi connectivity index (χ1) is 16.6. The molecule has 0 radical (unpaired) electrons. The molecule has 188 valence electrons. The molecule has 1 aromatic carbocycles. The van der Waals surface area contributed by atoms with Crippen molar-refractivity contribution in [3.63, 3.8) is 0 Å². The number of nitrogens with one attached hydrogen (secondary N) is 1. The Labute approximate surface area is 205 Å². The van der Waals surface area contributed by atoms with Gasteiger partial charge in [-0.25, -0.2) is 18.4 Å². The molecule has 2 saturated heterocycles. The van der Waals surface area contributed by atoms with Crippen LogP contribution in [-0.2, 0) is 16.3 Å². The van der Waals surface area contributed by atoms with E-state index in [1.54, 1.807) is 11.8 Å². The fraction of sp³-hybridized carbons (Fsp3) is 0.500. The van der Waals surface area contributed by atoms with E-state index in [1.165, 1.54) is 5.56 Å². The number of rotatable bonds is 9. The van der Waals surface area contributed by atoms with E-state index in [0.29, 0.717) is 24.9 Å². The van der Waals surface area contributed by atoms with Crippen molar-refractivity contribution in [2.24, 2.45) is 17.6 Å². The highest BCUT2D eigenvalue weighted by molar-refractivity contribution is 7.90. The molecule has 0 bridgehead atoms. The molecular formula is C24H32N6O4S. The van der Waals surface area contributed by atoms with E-state index < -0.39 is 21.6 Å². The van der Waals surface area contributed by atoms with Crippen LogP contribution in [0, 0.1) is 18.8 Å². The van der Waals surface area contributed by atoms with Gasteiger partial charge in [-0.1, -0.05) is 30.3 Å². The Hall–Kier alpha value is -3.05. The number of hydrogen-bond donors (Lipinski definition) is 2. The predicted molar refractivity (Wildman–Crippen MR) is 133 cm³/mol. The molecule has 2 aromatic rings. The van der Waals surface area contributed by atoms with Gasteiger partial charge in [0, 0.05) is 32.4 Å². The second kappa shape index (κ2) is 10.3. The first-order valence-electron chi connectivity index (χ1n) is 11.8. The number of primary amides is 1. The minimum Gasteiger partial charge on any atom is -0.364 e. The van der Waals surface area contributed by atoms with Crippen LogP contribution in [0.15, 0.2) is 30.3 Å². The minimum atomic E-state index is -3.33. The second-order valence-corrected chi connectivity index (χ2v) is 11.7. The fourth-order valence-electron chi connectivity index (χ4n) is 5.03. The number of anilines is 1. The molecule has 2 fully saturated rings. The largest absolute Gasteiger partial charge is 0.364 e. The number of nitrogens with two attached hydrogens (primary N) is 1. The zero-order valence-corrected chi connectivity index (χ0v) is 20.9. The third kappa shape index (κ3) is 6.15. The highest BCUT2D eigenvalue weighted by Gasteiger charge is 2.42. The molecule has 0 spiro atoms. The zero-order valence-electron chi connectivity index (χ0n) is 20.1. The molecule has 2 amide bonds. The van der Waals surface area contributed by atoms with Crippen molar-refractivity contribution in [3.05, 3.63) is 52.8 Å². The Bertz CT molecular complexity index is 1190. The Morgan fingerprint density at radius 1 is 1.09 bits per heavy atom. The fourth-order valence-corrected chi connectivity index (χ4v) is 5.42. The van der Waals surface area contributed by atoms with Gasteiger partial charge < -0.3 is 20.9 Å². The molecule has 2 aliphatic heterocycles. The summed E-state index contributed by atoms with van der Waals surface area (Å²) >= 11 is 0. The van der Waals surface area contributed by atoms with Crippen molar-refractivity contribution in [2.45, 2.75) is 19.8 Å². The van der Waals surface area contributed by atoms with Gasteiger partial charge in [-0.3, -0.25) is 9.59 Å². The van der Waals surface area contributed by atoms with Gasteiger partial charge in [0.1, 0.15) is 11.6 Å². The average Bonchev–Trinajstić information content (AvgIpc) is 3.36. The van der Waals surface area contributed by atoms with Crippen LogP contribution in [0.25, 0.3) is 0 Å². The van der Waals surface area contributed by atoms with E-state index in [4.69, 9.17) is 5.73 Å². The Kier molecular flexibility index (Phi) is 7.36. The van der Waals surface area contributed by atoms with Crippen LogP contribution in [0.2, 0.25) is 0 Å². The van der Waals surface area contributed by atoms with Crippen LogP contribution in [0.5, 0.6) is 0 Å². The van der Waals surface area contributed by atoms with Gasteiger partial charge in [0.2, 0.25) is 5.95 Å². The number of nitrogens with zero attached hydrogens (tertiary/aromatic N) is 4. The molecule has 0 saturated carbocycles. The molecule has 2 atom stereocenters. The molecule has 1 aromatic heterocycles. The number of sulfone groups is 1. The third-order valence-corrected chi connectivity index (χ3v) is 7.33. The maximum Gasteiger partial charge on any atom is 0.268 e. The summed E-state index contributed by atoms with van der Waals surface area (Å²) in [5.41, 5.74) is 7.04. The van der Waals surface area contributed by atoms with Crippen LogP contribution in [0.3, 0.4) is 0 Å². The molecule has 2 aliphatic rings. The first-order valence-corrected chi connectivity index (χ1v) is 13.8. The molecule has 0 aliphatic carbocycles. The molecule has 10 nitrogen and oxygen atoms in total. The number of likely N-dealkylation sites (tertiary alicyclic amines) is 2. The average molecular weight is 501 g/mol. The normalized spacial score (nSPS) is 20.1. The number of aromatic nitrogens is 2. The molecule has 3 heterocycles. The lowest BCUT2D eigenvalue weighted by Gasteiger charge is -2.23. The Balaban J connectivity index is 1.37. The summed E-state index contributed by atoms with van der Waals surface area (Å²) in [5.74, 6) is -0.826. The standard InChI is InChI=1S/C24H32N6O4S/c1-16-20(21(22(25)31)28-24(27-16)26-15-35(2,33)34)23(32)30-13-18-11-29(12-19(18)14-30)10-6-9-17-7-4-3-5-8-17/h3-5,7-8,18-19H,6,9-15H2,1-2H3,(H2,25,31)(H,26,27,28)/t18-,19?/m0/s1. The summed E-state index contributed by atoms with van der Waals surface area (Å²) in [6, 6.07) is 10.5. The number of benzene rings is 1. The van der Waals surface area contributed by atoms with Crippen molar-refractivity contribution >= 4 is 27.6 Å². The highest BCUT2D eigenvalue weighted by atomic mass is 32.2. The van der Waals surface area contributed by atoms with Crippen molar-refractivity contribution in [3.8, 4) is 0 Å². The van der Waals surface area contributed by atoms with Crippen molar-refractivity contribution < 1.29 is 18.0 Å². The van der Waals surface area contributed by atoms with E-state index in [2.05, 4.69) is 44.5 Å². The highest BCUT2D eigenvalue weighted by Crippen LogP contribution is 2.32. The summed E-state index contributed by atoms with van der Waals surface area (Å²) in [5, 5.41) is 2.57. The molecule has 35 heavy (non-hydrogen) atoms. The number of aryl methyl sites for hydroxylation is 2. The molecule has 1 unspecified atom stereocenters. The lowest BCUT2D eigenvalue weighted by atomic mass is 10.0. The van der Waals surface area contributed by atoms with Crippen LogP contribution >= 0.6 is 0 Å². The minimum absolute atomic E-state index is 0.0530. The van der Waals surface area contributed by atoms with Gasteiger partial charge in [0.15, 0.2) is 9.84 Å².